The second-order valence-electron chi connectivity index (χ2n) is 7.04. The van der Waals surface area contributed by atoms with Crippen molar-refractivity contribution in [3.05, 3.63) is 59.7 Å². The lowest BCUT2D eigenvalue weighted by molar-refractivity contribution is 0.0940. The molecule has 0 radical (unpaired) electrons. The molecule has 0 aliphatic carbocycles. The maximum atomic E-state index is 12.6. The Morgan fingerprint density at radius 2 is 1.52 bits per heavy atom. The van der Waals surface area contributed by atoms with E-state index in [1.54, 1.807) is 36.0 Å². The molecular formula is C22H30N2O3S2. The van der Waals surface area contributed by atoms with E-state index >= 15 is 0 Å². The van der Waals surface area contributed by atoms with Crippen molar-refractivity contribution in [3.8, 4) is 0 Å². The molecule has 158 valence electrons. The molecule has 0 spiro atoms. The molecule has 1 atom stereocenters. The van der Waals surface area contributed by atoms with Gasteiger partial charge in [-0.05, 0) is 48.9 Å². The lowest BCUT2D eigenvalue weighted by Crippen LogP contribution is -2.30. The topological polar surface area (TPSA) is 66.5 Å². The van der Waals surface area contributed by atoms with Gasteiger partial charge in [0.15, 0.2) is 0 Å². The van der Waals surface area contributed by atoms with E-state index in [9.17, 15) is 13.2 Å². The van der Waals surface area contributed by atoms with Gasteiger partial charge in [-0.3, -0.25) is 4.79 Å². The van der Waals surface area contributed by atoms with Crippen molar-refractivity contribution in [1.29, 1.82) is 0 Å². The third-order valence-corrected chi connectivity index (χ3v) is 7.64. The number of hydrogen-bond acceptors (Lipinski definition) is 4. The van der Waals surface area contributed by atoms with Crippen molar-refractivity contribution in [2.24, 2.45) is 0 Å². The predicted octanol–water partition coefficient (Wildman–Crippen LogP) is 4.71. The second kappa shape index (κ2) is 10.3. The van der Waals surface area contributed by atoms with Gasteiger partial charge in [0.05, 0.1) is 10.9 Å². The molecular weight excluding hydrogens is 404 g/mol. The van der Waals surface area contributed by atoms with Gasteiger partial charge in [-0.1, -0.05) is 39.8 Å². The minimum Gasteiger partial charge on any atom is -0.346 e. The first kappa shape index (κ1) is 23.4. The summed E-state index contributed by atoms with van der Waals surface area (Å²) in [6, 6.07) is 14.0. The molecule has 0 bridgehead atoms. The average molecular weight is 435 g/mol. The molecule has 2 aromatic carbocycles. The standard InChI is InChI=1S/C22H30N2O3S2/c1-6-24(7-2)29(26,27)21-14-10-18(11-15-21)17(5)23-22(25)19-8-12-20(13-9-19)28-16(3)4/h8-17H,6-7H2,1-5H3,(H,23,25). The zero-order valence-electron chi connectivity index (χ0n) is 17.7. The molecule has 0 aromatic heterocycles. The predicted molar refractivity (Wildman–Crippen MR) is 120 cm³/mol. The van der Waals surface area contributed by atoms with Gasteiger partial charge in [-0.2, -0.15) is 4.31 Å². The van der Waals surface area contributed by atoms with Crippen molar-refractivity contribution in [2.45, 2.75) is 55.7 Å². The summed E-state index contributed by atoms with van der Waals surface area (Å²) >= 11 is 1.75. The monoisotopic (exact) mass is 434 g/mol. The number of benzene rings is 2. The Balaban J connectivity index is 2.07. The minimum atomic E-state index is -3.48. The summed E-state index contributed by atoms with van der Waals surface area (Å²) in [5.74, 6) is -0.154. The van der Waals surface area contributed by atoms with E-state index in [2.05, 4.69) is 19.2 Å². The second-order valence-corrected chi connectivity index (χ2v) is 10.6. The van der Waals surface area contributed by atoms with Crippen LogP contribution >= 0.6 is 11.8 Å². The number of rotatable bonds is 9. The lowest BCUT2D eigenvalue weighted by Gasteiger charge is -2.19. The molecule has 2 aromatic rings. The van der Waals surface area contributed by atoms with Crippen LogP contribution in [-0.2, 0) is 10.0 Å². The third-order valence-electron chi connectivity index (χ3n) is 4.56. The van der Waals surface area contributed by atoms with Crippen LogP contribution in [-0.4, -0.2) is 37.0 Å². The number of carbonyl (C=O) groups excluding carboxylic acids is 1. The summed E-state index contributed by atoms with van der Waals surface area (Å²) in [7, 11) is -3.48. The largest absolute Gasteiger partial charge is 0.346 e. The molecule has 1 unspecified atom stereocenters. The van der Waals surface area contributed by atoms with E-state index in [0.29, 0.717) is 23.9 Å². The zero-order valence-corrected chi connectivity index (χ0v) is 19.3. The van der Waals surface area contributed by atoms with Gasteiger partial charge in [0.25, 0.3) is 5.91 Å². The van der Waals surface area contributed by atoms with E-state index < -0.39 is 10.0 Å². The molecule has 0 saturated carbocycles. The van der Waals surface area contributed by atoms with Gasteiger partial charge in [-0.25, -0.2) is 8.42 Å². The van der Waals surface area contributed by atoms with Crippen LogP contribution in [0.25, 0.3) is 0 Å². The third kappa shape index (κ3) is 6.07. The fourth-order valence-electron chi connectivity index (χ4n) is 2.96. The Hall–Kier alpha value is -1.83. The maximum absolute atomic E-state index is 12.6. The summed E-state index contributed by atoms with van der Waals surface area (Å²) in [6.07, 6.45) is 0. The van der Waals surface area contributed by atoms with Crippen molar-refractivity contribution < 1.29 is 13.2 Å². The Labute approximate surface area is 178 Å². The molecule has 2 rings (SSSR count). The Morgan fingerprint density at radius 1 is 0.966 bits per heavy atom. The SMILES string of the molecule is CCN(CC)S(=O)(=O)c1ccc(C(C)NC(=O)c2ccc(SC(C)C)cc2)cc1. The van der Waals surface area contributed by atoms with Gasteiger partial charge in [0.1, 0.15) is 0 Å². The Bertz CT molecular complexity index is 904. The van der Waals surface area contributed by atoms with Crippen LogP contribution in [0, 0.1) is 0 Å². The number of nitrogens with zero attached hydrogens (tertiary/aromatic N) is 1. The highest BCUT2D eigenvalue weighted by molar-refractivity contribution is 7.99. The Kier molecular flexibility index (Phi) is 8.31. The molecule has 1 N–H and O–H groups in total. The van der Waals surface area contributed by atoms with E-state index in [1.165, 1.54) is 4.31 Å². The zero-order chi connectivity index (χ0) is 21.6. The fourth-order valence-corrected chi connectivity index (χ4v) is 5.26. The first-order valence-electron chi connectivity index (χ1n) is 9.86. The molecule has 0 aliphatic rings. The maximum Gasteiger partial charge on any atom is 0.251 e. The van der Waals surface area contributed by atoms with Crippen LogP contribution in [0.5, 0.6) is 0 Å². The van der Waals surface area contributed by atoms with Crippen molar-refractivity contribution in [1.82, 2.24) is 9.62 Å². The first-order valence-corrected chi connectivity index (χ1v) is 12.2. The number of nitrogens with one attached hydrogen (secondary N) is 1. The number of amides is 1. The first-order chi connectivity index (χ1) is 13.7. The van der Waals surface area contributed by atoms with Crippen LogP contribution in [0.4, 0.5) is 0 Å². The highest BCUT2D eigenvalue weighted by atomic mass is 32.2. The average Bonchev–Trinajstić information content (AvgIpc) is 2.68. The number of sulfonamides is 1. The van der Waals surface area contributed by atoms with E-state index in [-0.39, 0.29) is 16.8 Å². The molecule has 29 heavy (non-hydrogen) atoms. The highest BCUT2D eigenvalue weighted by Gasteiger charge is 2.21. The van der Waals surface area contributed by atoms with E-state index in [1.807, 2.05) is 45.0 Å². The smallest absolute Gasteiger partial charge is 0.251 e. The molecule has 7 heteroatoms. The van der Waals surface area contributed by atoms with Gasteiger partial charge >= 0.3 is 0 Å². The Morgan fingerprint density at radius 3 is 2.00 bits per heavy atom. The summed E-state index contributed by atoms with van der Waals surface area (Å²) in [5.41, 5.74) is 1.45. The van der Waals surface area contributed by atoms with Gasteiger partial charge in [0.2, 0.25) is 10.0 Å². The van der Waals surface area contributed by atoms with Crippen molar-refractivity contribution in [3.63, 3.8) is 0 Å². The number of carbonyl (C=O) groups is 1. The van der Waals surface area contributed by atoms with Crippen LogP contribution < -0.4 is 5.32 Å². The van der Waals surface area contributed by atoms with Gasteiger partial charge < -0.3 is 5.32 Å². The van der Waals surface area contributed by atoms with Crippen LogP contribution in [0.1, 0.15) is 56.6 Å². The lowest BCUT2D eigenvalue weighted by atomic mass is 10.1. The molecule has 5 nitrogen and oxygen atoms in total. The van der Waals surface area contributed by atoms with E-state index in [4.69, 9.17) is 0 Å². The molecule has 0 saturated heterocycles. The normalized spacial score (nSPS) is 12.9. The van der Waals surface area contributed by atoms with Crippen LogP contribution in [0.15, 0.2) is 58.3 Å². The summed E-state index contributed by atoms with van der Waals surface area (Å²) in [4.78, 5) is 13.9. The fraction of sp³-hybridized carbons (Fsp3) is 0.409. The summed E-state index contributed by atoms with van der Waals surface area (Å²) in [5, 5.41) is 3.46. The quantitative estimate of drug-likeness (QED) is 0.581. The van der Waals surface area contributed by atoms with E-state index in [0.717, 1.165) is 10.5 Å². The van der Waals surface area contributed by atoms with Gasteiger partial charge in [-0.15, -0.1) is 11.8 Å². The summed E-state index contributed by atoms with van der Waals surface area (Å²) < 4.78 is 26.6. The van der Waals surface area contributed by atoms with Crippen LogP contribution in [0.2, 0.25) is 0 Å². The van der Waals surface area contributed by atoms with Crippen molar-refractivity contribution >= 4 is 27.7 Å². The molecule has 0 heterocycles. The number of thioether (sulfide) groups is 1. The van der Waals surface area contributed by atoms with Crippen LogP contribution in [0.3, 0.4) is 0 Å². The molecule has 1 amide bonds. The van der Waals surface area contributed by atoms with Gasteiger partial charge in [0, 0.05) is 28.8 Å². The molecule has 0 aliphatic heterocycles. The summed E-state index contributed by atoms with van der Waals surface area (Å²) in [6.45, 7) is 10.6. The number of hydrogen-bond donors (Lipinski definition) is 1. The van der Waals surface area contributed by atoms with Crippen molar-refractivity contribution in [2.75, 3.05) is 13.1 Å². The minimum absolute atomic E-state index is 0.154. The highest BCUT2D eigenvalue weighted by Crippen LogP contribution is 2.23. The molecule has 0 fully saturated rings.